The molecule has 1 atom stereocenters. The fourth-order valence-electron chi connectivity index (χ4n) is 1.94. The highest BCUT2D eigenvalue weighted by Crippen LogP contribution is 2.16. The molecule has 2 aromatic rings. The van der Waals surface area contributed by atoms with E-state index in [4.69, 9.17) is 0 Å². The smallest absolute Gasteiger partial charge is 0.280 e. The maximum atomic E-state index is 11.9. The number of hydrogen-bond donors (Lipinski definition) is 2. The quantitative estimate of drug-likeness (QED) is 0.870. The second-order valence-electron chi connectivity index (χ2n) is 4.57. The Labute approximate surface area is 106 Å². The standard InChI is InChI=1S/C14H18N2O2/c1-3-4-5-13-15-12-7-6-10(9(2)17)8-11(12)14(18)16-13/h6-9,17H,3-5H2,1-2H3,(H,15,16,18). The summed E-state index contributed by atoms with van der Waals surface area (Å²) in [6.07, 6.45) is 2.30. The fraction of sp³-hybridized carbons (Fsp3) is 0.429. The van der Waals surface area contributed by atoms with Gasteiger partial charge in [-0.15, -0.1) is 0 Å². The third kappa shape index (κ3) is 2.59. The number of aryl methyl sites for hydroxylation is 1. The summed E-state index contributed by atoms with van der Waals surface area (Å²) in [4.78, 5) is 19.1. The predicted octanol–water partition coefficient (Wildman–Crippen LogP) is 2.32. The molecule has 0 aliphatic rings. The molecule has 4 heteroatoms. The SMILES string of the molecule is CCCCc1nc(=O)c2cc(C(C)O)ccc2[nH]1. The summed E-state index contributed by atoms with van der Waals surface area (Å²) in [6.45, 7) is 3.78. The molecule has 2 rings (SSSR count). The van der Waals surface area contributed by atoms with Crippen LogP contribution in [0.5, 0.6) is 0 Å². The Balaban J connectivity index is 2.48. The number of H-pyrrole nitrogens is 1. The first kappa shape index (κ1) is 12.8. The van der Waals surface area contributed by atoms with Crippen molar-refractivity contribution in [1.82, 2.24) is 9.97 Å². The van der Waals surface area contributed by atoms with E-state index in [-0.39, 0.29) is 5.56 Å². The average molecular weight is 246 g/mol. The average Bonchev–Trinajstić information content (AvgIpc) is 2.36. The molecule has 1 aromatic heterocycles. The summed E-state index contributed by atoms with van der Waals surface area (Å²) >= 11 is 0. The molecule has 0 amide bonds. The van der Waals surface area contributed by atoms with E-state index in [9.17, 15) is 9.90 Å². The topological polar surface area (TPSA) is 66.0 Å². The Hall–Kier alpha value is -1.68. The summed E-state index contributed by atoms with van der Waals surface area (Å²) in [5.41, 5.74) is 1.29. The molecule has 2 N–H and O–H groups in total. The van der Waals surface area contributed by atoms with Crippen LogP contribution in [0.4, 0.5) is 0 Å². The number of aromatic amines is 1. The van der Waals surface area contributed by atoms with E-state index >= 15 is 0 Å². The van der Waals surface area contributed by atoms with Crippen LogP contribution in [0.25, 0.3) is 10.9 Å². The van der Waals surface area contributed by atoms with Gasteiger partial charge in [0.25, 0.3) is 5.56 Å². The van der Waals surface area contributed by atoms with Crippen LogP contribution < -0.4 is 5.56 Å². The minimum absolute atomic E-state index is 0.225. The summed E-state index contributed by atoms with van der Waals surface area (Å²) < 4.78 is 0. The summed E-state index contributed by atoms with van der Waals surface area (Å²) in [5.74, 6) is 0.735. The molecule has 1 heterocycles. The van der Waals surface area contributed by atoms with Gasteiger partial charge in [0.1, 0.15) is 5.82 Å². The molecule has 0 radical (unpaired) electrons. The van der Waals surface area contributed by atoms with Gasteiger partial charge in [-0.3, -0.25) is 4.79 Å². The van der Waals surface area contributed by atoms with Gasteiger partial charge in [0.15, 0.2) is 0 Å². The lowest BCUT2D eigenvalue weighted by Crippen LogP contribution is -2.12. The van der Waals surface area contributed by atoms with Crippen molar-refractivity contribution in [3.63, 3.8) is 0 Å². The molecule has 0 spiro atoms. The molecule has 1 aromatic carbocycles. The number of nitrogens with one attached hydrogen (secondary N) is 1. The molecule has 0 saturated carbocycles. The Kier molecular flexibility index (Phi) is 3.77. The Morgan fingerprint density at radius 2 is 2.22 bits per heavy atom. The monoisotopic (exact) mass is 246 g/mol. The van der Waals surface area contributed by atoms with Gasteiger partial charge in [0, 0.05) is 6.42 Å². The molecular weight excluding hydrogens is 228 g/mol. The summed E-state index contributed by atoms with van der Waals surface area (Å²) in [5, 5.41) is 10.0. The van der Waals surface area contributed by atoms with E-state index in [2.05, 4.69) is 16.9 Å². The van der Waals surface area contributed by atoms with Gasteiger partial charge < -0.3 is 10.1 Å². The first-order valence-electron chi connectivity index (χ1n) is 6.32. The highest BCUT2D eigenvalue weighted by atomic mass is 16.3. The van der Waals surface area contributed by atoms with Crippen LogP contribution in [0.2, 0.25) is 0 Å². The van der Waals surface area contributed by atoms with Crippen molar-refractivity contribution in [3.05, 3.63) is 39.9 Å². The van der Waals surface area contributed by atoms with E-state index < -0.39 is 6.10 Å². The van der Waals surface area contributed by atoms with Crippen molar-refractivity contribution >= 4 is 10.9 Å². The number of nitrogens with zero attached hydrogens (tertiary/aromatic N) is 1. The minimum atomic E-state index is -0.575. The van der Waals surface area contributed by atoms with Crippen LogP contribution in [-0.4, -0.2) is 15.1 Å². The van der Waals surface area contributed by atoms with E-state index in [1.807, 2.05) is 12.1 Å². The van der Waals surface area contributed by atoms with E-state index in [0.717, 1.165) is 36.2 Å². The van der Waals surface area contributed by atoms with Gasteiger partial charge >= 0.3 is 0 Å². The maximum absolute atomic E-state index is 11.9. The second-order valence-corrected chi connectivity index (χ2v) is 4.57. The van der Waals surface area contributed by atoms with E-state index in [1.165, 1.54) is 0 Å². The predicted molar refractivity (Wildman–Crippen MR) is 71.6 cm³/mol. The molecular formula is C14H18N2O2. The highest BCUT2D eigenvalue weighted by molar-refractivity contribution is 5.78. The van der Waals surface area contributed by atoms with E-state index in [1.54, 1.807) is 13.0 Å². The van der Waals surface area contributed by atoms with Crippen LogP contribution in [0.15, 0.2) is 23.0 Å². The zero-order valence-corrected chi connectivity index (χ0v) is 10.7. The molecule has 0 aliphatic heterocycles. The zero-order valence-electron chi connectivity index (χ0n) is 10.7. The Morgan fingerprint density at radius 1 is 1.44 bits per heavy atom. The number of hydrogen-bond acceptors (Lipinski definition) is 3. The van der Waals surface area contributed by atoms with Crippen molar-refractivity contribution in [3.8, 4) is 0 Å². The van der Waals surface area contributed by atoms with Crippen molar-refractivity contribution in [2.75, 3.05) is 0 Å². The Morgan fingerprint density at radius 3 is 2.89 bits per heavy atom. The van der Waals surface area contributed by atoms with Crippen molar-refractivity contribution in [2.24, 2.45) is 0 Å². The van der Waals surface area contributed by atoms with Gasteiger partial charge in [-0.25, -0.2) is 0 Å². The van der Waals surface area contributed by atoms with Gasteiger partial charge in [-0.1, -0.05) is 19.4 Å². The third-order valence-electron chi connectivity index (χ3n) is 3.04. The molecule has 18 heavy (non-hydrogen) atoms. The van der Waals surface area contributed by atoms with Crippen LogP contribution >= 0.6 is 0 Å². The normalized spacial score (nSPS) is 12.8. The first-order valence-corrected chi connectivity index (χ1v) is 6.32. The van der Waals surface area contributed by atoms with Crippen LogP contribution in [0, 0.1) is 0 Å². The zero-order chi connectivity index (χ0) is 13.1. The van der Waals surface area contributed by atoms with Crippen molar-refractivity contribution in [2.45, 2.75) is 39.2 Å². The van der Waals surface area contributed by atoms with Gasteiger partial charge in [0.2, 0.25) is 0 Å². The van der Waals surface area contributed by atoms with Crippen molar-refractivity contribution < 1.29 is 5.11 Å². The number of rotatable bonds is 4. The Bertz CT molecular complexity index is 602. The molecule has 0 fully saturated rings. The first-order chi connectivity index (χ1) is 8.61. The van der Waals surface area contributed by atoms with Crippen LogP contribution in [0.1, 0.15) is 44.2 Å². The van der Waals surface area contributed by atoms with Crippen LogP contribution in [-0.2, 0) is 6.42 Å². The minimum Gasteiger partial charge on any atom is -0.389 e. The molecule has 0 aliphatic carbocycles. The largest absolute Gasteiger partial charge is 0.389 e. The maximum Gasteiger partial charge on any atom is 0.280 e. The summed E-state index contributed by atoms with van der Waals surface area (Å²) in [7, 11) is 0. The van der Waals surface area contributed by atoms with Crippen molar-refractivity contribution in [1.29, 1.82) is 0 Å². The lowest BCUT2D eigenvalue weighted by molar-refractivity contribution is 0.199. The lowest BCUT2D eigenvalue weighted by atomic mass is 10.1. The molecule has 0 bridgehead atoms. The van der Waals surface area contributed by atoms with E-state index in [0.29, 0.717) is 5.39 Å². The molecule has 96 valence electrons. The van der Waals surface area contributed by atoms with Crippen LogP contribution in [0.3, 0.4) is 0 Å². The number of benzene rings is 1. The number of aromatic nitrogens is 2. The van der Waals surface area contributed by atoms with Gasteiger partial charge in [-0.05, 0) is 31.0 Å². The molecule has 4 nitrogen and oxygen atoms in total. The number of unbranched alkanes of at least 4 members (excludes halogenated alkanes) is 1. The lowest BCUT2D eigenvalue weighted by Gasteiger charge is -2.07. The summed E-state index contributed by atoms with van der Waals surface area (Å²) in [6, 6.07) is 5.36. The number of aliphatic hydroxyl groups excluding tert-OH is 1. The number of fused-ring (bicyclic) bond motifs is 1. The van der Waals surface area contributed by atoms with Gasteiger partial charge in [-0.2, -0.15) is 4.98 Å². The number of aliphatic hydroxyl groups is 1. The second kappa shape index (κ2) is 5.31. The molecule has 0 saturated heterocycles. The fourth-order valence-corrected chi connectivity index (χ4v) is 1.94. The molecule has 1 unspecified atom stereocenters. The third-order valence-corrected chi connectivity index (χ3v) is 3.04. The highest BCUT2D eigenvalue weighted by Gasteiger charge is 2.07. The van der Waals surface area contributed by atoms with Gasteiger partial charge in [0.05, 0.1) is 17.0 Å².